The number of benzene rings is 1. The standard InChI is InChI=1S/C18H21N3O4/c1-24-14-8-6-12(7-9-14)17(22)19-11-15-10-16(21-25-15)18(23)20-13-4-2-3-5-13/h6-10,13H,2-5,11H2,1H3,(H,19,22)(H,20,23). The Bertz CT molecular complexity index is 733. The van der Waals surface area contributed by atoms with Gasteiger partial charge in [-0.25, -0.2) is 0 Å². The molecule has 1 aliphatic rings. The molecule has 1 fully saturated rings. The Morgan fingerprint density at radius 1 is 1.20 bits per heavy atom. The summed E-state index contributed by atoms with van der Waals surface area (Å²) in [5.74, 6) is 0.641. The van der Waals surface area contributed by atoms with E-state index in [-0.39, 0.29) is 30.1 Å². The van der Waals surface area contributed by atoms with Crippen molar-refractivity contribution >= 4 is 11.8 Å². The number of hydrogen-bond donors (Lipinski definition) is 2. The Hall–Kier alpha value is -2.83. The molecule has 0 radical (unpaired) electrons. The number of aromatic nitrogens is 1. The average molecular weight is 343 g/mol. The fourth-order valence-corrected chi connectivity index (χ4v) is 2.84. The second-order valence-corrected chi connectivity index (χ2v) is 6.04. The van der Waals surface area contributed by atoms with Crippen molar-refractivity contribution in [3.8, 4) is 5.75 Å². The molecule has 0 atom stereocenters. The molecule has 3 rings (SSSR count). The van der Waals surface area contributed by atoms with E-state index >= 15 is 0 Å². The van der Waals surface area contributed by atoms with E-state index in [9.17, 15) is 9.59 Å². The van der Waals surface area contributed by atoms with Crippen LogP contribution in [0, 0.1) is 0 Å². The van der Waals surface area contributed by atoms with Crippen LogP contribution in [0.1, 0.15) is 52.3 Å². The van der Waals surface area contributed by atoms with Gasteiger partial charge in [0.15, 0.2) is 11.5 Å². The van der Waals surface area contributed by atoms with Crippen molar-refractivity contribution in [2.75, 3.05) is 7.11 Å². The summed E-state index contributed by atoms with van der Waals surface area (Å²) < 4.78 is 10.2. The number of nitrogens with one attached hydrogen (secondary N) is 2. The van der Waals surface area contributed by atoms with Crippen LogP contribution in [0.4, 0.5) is 0 Å². The summed E-state index contributed by atoms with van der Waals surface area (Å²) in [6.45, 7) is 0.161. The Morgan fingerprint density at radius 2 is 1.92 bits per heavy atom. The number of carbonyl (C=O) groups excluding carboxylic acids is 2. The largest absolute Gasteiger partial charge is 0.497 e. The van der Waals surface area contributed by atoms with E-state index in [4.69, 9.17) is 9.26 Å². The van der Waals surface area contributed by atoms with Crippen molar-refractivity contribution in [2.24, 2.45) is 0 Å². The van der Waals surface area contributed by atoms with Crippen LogP contribution < -0.4 is 15.4 Å². The predicted octanol–water partition coefficient (Wildman–Crippen LogP) is 2.29. The van der Waals surface area contributed by atoms with Gasteiger partial charge < -0.3 is 19.9 Å². The van der Waals surface area contributed by atoms with Gasteiger partial charge in [0.05, 0.1) is 13.7 Å². The molecule has 1 aromatic carbocycles. The molecule has 0 bridgehead atoms. The summed E-state index contributed by atoms with van der Waals surface area (Å²) in [4.78, 5) is 24.2. The second-order valence-electron chi connectivity index (χ2n) is 6.04. The highest BCUT2D eigenvalue weighted by molar-refractivity contribution is 5.94. The lowest BCUT2D eigenvalue weighted by atomic mass is 10.2. The SMILES string of the molecule is COc1ccc(C(=O)NCc2cc(C(=O)NC3CCCC3)no2)cc1. The monoisotopic (exact) mass is 343 g/mol. The highest BCUT2D eigenvalue weighted by Gasteiger charge is 2.20. The summed E-state index contributed by atoms with van der Waals surface area (Å²) in [6, 6.07) is 8.56. The van der Waals surface area contributed by atoms with Crippen LogP contribution in [-0.2, 0) is 6.54 Å². The third-order valence-corrected chi connectivity index (χ3v) is 4.26. The molecule has 7 heteroatoms. The van der Waals surface area contributed by atoms with Crippen LogP contribution in [0.15, 0.2) is 34.9 Å². The summed E-state index contributed by atoms with van der Waals surface area (Å²) in [7, 11) is 1.57. The molecule has 7 nitrogen and oxygen atoms in total. The third-order valence-electron chi connectivity index (χ3n) is 4.26. The number of amides is 2. The topological polar surface area (TPSA) is 93.5 Å². The van der Waals surface area contributed by atoms with Crippen LogP contribution in [0.2, 0.25) is 0 Å². The lowest BCUT2D eigenvalue weighted by molar-refractivity contribution is 0.0923. The van der Waals surface area contributed by atoms with Gasteiger partial charge in [-0.2, -0.15) is 0 Å². The minimum Gasteiger partial charge on any atom is -0.497 e. The van der Waals surface area contributed by atoms with E-state index in [1.807, 2.05) is 0 Å². The summed E-state index contributed by atoms with van der Waals surface area (Å²) >= 11 is 0. The molecular formula is C18H21N3O4. The molecule has 2 amide bonds. The molecule has 2 N–H and O–H groups in total. The first kappa shape index (κ1) is 17.0. The van der Waals surface area contributed by atoms with E-state index in [2.05, 4.69) is 15.8 Å². The highest BCUT2D eigenvalue weighted by Crippen LogP contribution is 2.18. The summed E-state index contributed by atoms with van der Waals surface area (Å²) in [5.41, 5.74) is 0.750. The predicted molar refractivity (Wildman–Crippen MR) is 90.4 cm³/mol. The number of nitrogens with zero attached hydrogens (tertiary/aromatic N) is 1. The van der Waals surface area contributed by atoms with E-state index < -0.39 is 0 Å². The highest BCUT2D eigenvalue weighted by atomic mass is 16.5. The average Bonchev–Trinajstić information content (AvgIpc) is 3.31. The van der Waals surface area contributed by atoms with E-state index in [0.717, 1.165) is 25.7 Å². The van der Waals surface area contributed by atoms with E-state index in [1.165, 1.54) is 0 Å². The van der Waals surface area contributed by atoms with Crippen molar-refractivity contribution in [3.05, 3.63) is 47.3 Å². The van der Waals surface area contributed by atoms with Gasteiger partial charge in [-0.15, -0.1) is 0 Å². The molecule has 2 aromatic rings. The van der Waals surface area contributed by atoms with Crippen molar-refractivity contribution in [1.82, 2.24) is 15.8 Å². The zero-order chi connectivity index (χ0) is 17.6. The van der Waals surface area contributed by atoms with Crippen molar-refractivity contribution in [1.29, 1.82) is 0 Å². The number of hydrogen-bond acceptors (Lipinski definition) is 5. The quantitative estimate of drug-likeness (QED) is 0.839. The number of ether oxygens (including phenoxy) is 1. The van der Waals surface area contributed by atoms with Gasteiger partial charge in [-0.05, 0) is 37.1 Å². The van der Waals surface area contributed by atoms with Gasteiger partial charge in [0.1, 0.15) is 5.75 Å². The van der Waals surface area contributed by atoms with E-state index in [0.29, 0.717) is 17.1 Å². The van der Waals surface area contributed by atoms with Crippen LogP contribution in [-0.4, -0.2) is 30.1 Å². The Balaban J connectivity index is 1.52. The molecule has 0 unspecified atom stereocenters. The smallest absolute Gasteiger partial charge is 0.273 e. The minimum atomic E-state index is -0.240. The zero-order valence-electron chi connectivity index (χ0n) is 14.1. The van der Waals surface area contributed by atoms with Gasteiger partial charge in [-0.1, -0.05) is 18.0 Å². The molecule has 1 aliphatic carbocycles. The Kier molecular flexibility index (Phi) is 5.33. The number of carbonyl (C=O) groups is 2. The Labute approximate surface area is 145 Å². The maximum Gasteiger partial charge on any atom is 0.273 e. The molecule has 25 heavy (non-hydrogen) atoms. The van der Waals surface area contributed by atoms with Crippen LogP contribution in [0.25, 0.3) is 0 Å². The van der Waals surface area contributed by atoms with Crippen molar-refractivity contribution in [3.63, 3.8) is 0 Å². The molecule has 1 aromatic heterocycles. The number of rotatable bonds is 6. The van der Waals surface area contributed by atoms with E-state index in [1.54, 1.807) is 37.4 Å². The molecule has 0 aliphatic heterocycles. The van der Waals surface area contributed by atoms with Crippen molar-refractivity contribution < 1.29 is 18.8 Å². The third kappa shape index (κ3) is 4.37. The van der Waals surface area contributed by atoms with Crippen LogP contribution >= 0.6 is 0 Å². The molecule has 0 spiro atoms. The van der Waals surface area contributed by atoms with Gasteiger partial charge in [0.25, 0.3) is 11.8 Å². The fraction of sp³-hybridized carbons (Fsp3) is 0.389. The Morgan fingerprint density at radius 3 is 2.60 bits per heavy atom. The van der Waals surface area contributed by atoms with Gasteiger partial charge in [0, 0.05) is 17.7 Å². The van der Waals surface area contributed by atoms with Crippen molar-refractivity contribution in [2.45, 2.75) is 38.3 Å². The first-order valence-electron chi connectivity index (χ1n) is 8.34. The fourth-order valence-electron chi connectivity index (χ4n) is 2.84. The normalized spacial score (nSPS) is 14.3. The lowest BCUT2D eigenvalue weighted by Gasteiger charge is -2.09. The minimum absolute atomic E-state index is 0.161. The molecule has 0 saturated heterocycles. The van der Waals surface area contributed by atoms with Crippen LogP contribution in [0.3, 0.4) is 0 Å². The number of methoxy groups -OCH3 is 1. The lowest BCUT2D eigenvalue weighted by Crippen LogP contribution is -2.32. The zero-order valence-corrected chi connectivity index (χ0v) is 14.1. The van der Waals surface area contributed by atoms with Gasteiger partial charge in [0.2, 0.25) is 0 Å². The molecular weight excluding hydrogens is 322 g/mol. The maximum atomic E-state index is 12.1. The first-order valence-corrected chi connectivity index (χ1v) is 8.34. The molecule has 1 heterocycles. The second kappa shape index (κ2) is 7.83. The summed E-state index contributed by atoms with van der Waals surface area (Å²) in [6.07, 6.45) is 4.31. The van der Waals surface area contributed by atoms with Gasteiger partial charge >= 0.3 is 0 Å². The first-order chi connectivity index (χ1) is 12.2. The molecule has 1 saturated carbocycles. The summed E-state index contributed by atoms with van der Waals surface area (Å²) in [5, 5.41) is 9.46. The van der Waals surface area contributed by atoms with Gasteiger partial charge in [-0.3, -0.25) is 9.59 Å². The van der Waals surface area contributed by atoms with Crippen LogP contribution in [0.5, 0.6) is 5.75 Å². The maximum absolute atomic E-state index is 12.1. The molecule has 132 valence electrons.